The molecule has 0 aliphatic carbocycles. The van der Waals surface area contributed by atoms with Crippen LogP contribution in [-0.2, 0) is 11.3 Å². The van der Waals surface area contributed by atoms with Crippen molar-refractivity contribution < 1.29 is 4.74 Å². The molecule has 0 fully saturated rings. The lowest BCUT2D eigenvalue weighted by Crippen LogP contribution is -2.07. The van der Waals surface area contributed by atoms with Crippen molar-refractivity contribution in [2.24, 2.45) is 0 Å². The third kappa shape index (κ3) is 2.05. The van der Waals surface area contributed by atoms with Gasteiger partial charge in [-0.05, 0) is 0 Å². The fourth-order valence-electron chi connectivity index (χ4n) is 0.910. The quantitative estimate of drug-likeness (QED) is 0.662. The molecule has 0 bridgehead atoms. The highest BCUT2D eigenvalue weighted by Crippen LogP contribution is 2.01. The predicted molar refractivity (Wildman–Crippen MR) is 43.5 cm³/mol. The Morgan fingerprint density at radius 2 is 2.31 bits per heavy atom. The van der Waals surface area contributed by atoms with Crippen molar-refractivity contribution in [2.45, 2.75) is 6.54 Å². The van der Waals surface area contributed by atoms with Gasteiger partial charge in [-0.25, -0.2) is 0 Å². The van der Waals surface area contributed by atoms with Gasteiger partial charge >= 0.3 is 0 Å². The normalized spacial score (nSPS) is 9.15. The van der Waals surface area contributed by atoms with Crippen LogP contribution in [0.15, 0.2) is 6.07 Å². The molecule has 0 amide bonds. The molecule has 1 heterocycles. The molecule has 5 heteroatoms. The minimum absolute atomic E-state index is 0.257. The Morgan fingerprint density at radius 3 is 2.85 bits per heavy atom. The number of rotatable bonds is 3. The highest BCUT2D eigenvalue weighted by Gasteiger charge is 2.05. The molecule has 0 spiro atoms. The summed E-state index contributed by atoms with van der Waals surface area (Å²) in [5, 5.41) is 21.1. The van der Waals surface area contributed by atoms with E-state index in [-0.39, 0.29) is 5.69 Å². The molecule has 1 rings (SSSR count). The van der Waals surface area contributed by atoms with Gasteiger partial charge in [0.1, 0.15) is 17.8 Å². The first-order chi connectivity index (χ1) is 6.31. The average molecular weight is 176 g/mol. The summed E-state index contributed by atoms with van der Waals surface area (Å²) < 4.78 is 6.30. The van der Waals surface area contributed by atoms with Crippen molar-refractivity contribution in [3.05, 3.63) is 17.5 Å². The van der Waals surface area contributed by atoms with Gasteiger partial charge in [-0.1, -0.05) is 0 Å². The zero-order valence-corrected chi connectivity index (χ0v) is 7.19. The molecule has 5 nitrogen and oxygen atoms in total. The van der Waals surface area contributed by atoms with E-state index in [0.717, 1.165) is 0 Å². The lowest BCUT2D eigenvalue weighted by atomic mass is 10.4. The average Bonchev–Trinajstić information content (AvgIpc) is 2.57. The minimum Gasteiger partial charge on any atom is -0.383 e. The molecule has 0 saturated carbocycles. The minimum atomic E-state index is 0.257. The van der Waals surface area contributed by atoms with Crippen LogP contribution in [0.5, 0.6) is 0 Å². The van der Waals surface area contributed by atoms with Crippen molar-refractivity contribution in [3.63, 3.8) is 0 Å². The van der Waals surface area contributed by atoms with Crippen LogP contribution in [0.3, 0.4) is 0 Å². The standard InChI is InChI=1S/C8H8N4O/c1-13-3-2-12-8(6-10)4-7(5-9)11-12/h4H,2-3H2,1H3. The van der Waals surface area contributed by atoms with Gasteiger partial charge in [0.2, 0.25) is 0 Å². The SMILES string of the molecule is COCCn1nc(C#N)cc1C#N. The highest BCUT2D eigenvalue weighted by molar-refractivity contribution is 5.29. The number of hydrogen-bond acceptors (Lipinski definition) is 4. The maximum Gasteiger partial charge on any atom is 0.163 e. The van der Waals surface area contributed by atoms with E-state index in [1.165, 1.54) is 10.7 Å². The fourth-order valence-corrected chi connectivity index (χ4v) is 0.910. The first-order valence-electron chi connectivity index (χ1n) is 3.68. The number of nitriles is 2. The number of ether oxygens (including phenoxy) is 1. The number of hydrogen-bond donors (Lipinski definition) is 0. The zero-order valence-electron chi connectivity index (χ0n) is 7.19. The topological polar surface area (TPSA) is 74.6 Å². The summed E-state index contributed by atoms with van der Waals surface area (Å²) in [6, 6.07) is 5.28. The van der Waals surface area contributed by atoms with Gasteiger partial charge in [0.25, 0.3) is 0 Å². The zero-order chi connectivity index (χ0) is 9.68. The summed E-state index contributed by atoms with van der Waals surface area (Å²) in [6.07, 6.45) is 0. The van der Waals surface area contributed by atoms with Gasteiger partial charge in [-0.2, -0.15) is 15.6 Å². The second-order valence-electron chi connectivity index (χ2n) is 2.35. The third-order valence-electron chi connectivity index (χ3n) is 1.52. The molecule has 1 aromatic rings. The summed E-state index contributed by atoms with van der Waals surface area (Å²) >= 11 is 0. The number of nitrogens with zero attached hydrogens (tertiary/aromatic N) is 4. The second-order valence-corrected chi connectivity index (χ2v) is 2.35. The van der Waals surface area contributed by atoms with Gasteiger partial charge in [0.15, 0.2) is 5.69 Å². The fraction of sp³-hybridized carbons (Fsp3) is 0.375. The maximum absolute atomic E-state index is 8.67. The summed E-state index contributed by atoms with van der Waals surface area (Å²) in [5.74, 6) is 0. The van der Waals surface area contributed by atoms with Crippen LogP contribution < -0.4 is 0 Å². The van der Waals surface area contributed by atoms with Crippen LogP contribution in [0.2, 0.25) is 0 Å². The number of methoxy groups -OCH3 is 1. The van der Waals surface area contributed by atoms with Gasteiger partial charge in [-0.3, -0.25) is 4.68 Å². The molecular weight excluding hydrogens is 168 g/mol. The summed E-state index contributed by atoms with van der Waals surface area (Å²) in [6.45, 7) is 0.961. The van der Waals surface area contributed by atoms with E-state index in [1.807, 2.05) is 12.1 Å². The van der Waals surface area contributed by atoms with Crippen molar-refractivity contribution in [3.8, 4) is 12.1 Å². The number of aromatic nitrogens is 2. The maximum atomic E-state index is 8.67. The van der Waals surface area contributed by atoms with E-state index in [9.17, 15) is 0 Å². The molecule has 0 saturated heterocycles. The smallest absolute Gasteiger partial charge is 0.163 e. The van der Waals surface area contributed by atoms with Crippen molar-refractivity contribution >= 4 is 0 Å². The van der Waals surface area contributed by atoms with Crippen LogP contribution in [0, 0.1) is 22.7 Å². The van der Waals surface area contributed by atoms with Gasteiger partial charge < -0.3 is 4.74 Å². The Kier molecular flexibility index (Phi) is 3.02. The lowest BCUT2D eigenvalue weighted by Gasteiger charge is -1.99. The van der Waals surface area contributed by atoms with Gasteiger partial charge in [-0.15, -0.1) is 0 Å². The molecule has 0 unspecified atom stereocenters. The second kappa shape index (κ2) is 4.24. The van der Waals surface area contributed by atoms with Crippen LogP contribution in [0.4, 0.5) is 0 Å². The van der Waals surface area contributed by atoms with E-state index in [0.29, 0.717) is 18.8 Å². The first kappa shape index (κ1) is 9.24. The van der Waals surface area contributed by atoms with E-state index in [2.05, 4.69) is 5.10 Å². The molecule has 13 heavy (non-hydrogen) atoms. The van der Waals surface area contributed by atoms with E-state index < -0.39 is 0 Å². The largest absolute Gasteiger partial charge is 0.383 e. The summed E-state index contributed by atoms with van der Waals surface area (Å²) in [7, 11) is 1.57. The monoisotopic (exact) mass is 176 g/mol. The van der Waals surface area contributed by atoms with Crippen LogP contribution in [-0.4, -0.2) is 23.5 Å². The predicted octanol–water partition coefficient (Wildman–Crippen LogP) is 0.273. The Labute approximate surface area is 75.8 Å². The summed E-state index contributed by atoms with van der Waals surface area (Å²) in [5.41, 5.74) is 0.640. The van der Waals surface area contributed by atoms with Crippen molar-refractivity contribution in [1.29, 1.82) is 10.5 Å². The lowest BCUT2D eigenvalue weighted by molar-refractivity contribution is 0.183. The molecule has 1 aromatic heterocycles. The Morgan fingerprint density at radius 1 is 1.54 bits per heavy atom. The van der Waals surface area contributed by atoms with Crippen LogP contribution >= 0.6 is 0 Å². The molecule has 66 valence electrons. The molecule has 0 radical (unpaired) electrons. The van der Waals surface area contributed by atoms with E-state index in [1.54, 1.807) is 7.11 Å². The van der Waals surface area contributed by atoms with Crippen LogP contribution in [0.1, 0.15) is 11.4 Å². The molecule has 0 aromatic carbocycles. The van der Waals surface area contributed by atoms with E-state index >= 15 is 0 Å². The summed E-state index contributed by atoms with van der Waals surface area (Å²) in [4.78, 5) is 0. The molecule has 0 aliphatic rings. The van der Waals surface area contributed by atoms with Gasteiger partial charge in [0.05, 0.1) is 13.2 Å². The third-order valence-corrected chi connectivity index (χ3v) is 1.52. The highest BCUT2D eigenvalue weighted by atomic mass is 16.5. The molecule has 0 N–H and O–H groups in total. The van der Waals surface area contributed by atoms with E-state index in [4.69, 9.17) is 15.3 Å². The Hall–Kier alpha value is -1.85. The molecular formula is C8H8N4O. The van der Waals surface area contributed by atoms with Crippen molar-refractivity contribution in [1.82, 2.24) is 9.78 Å². The first-order valence-corrected chi connectivity index (χ1v) is 3.68. The van der Waals surface area contributed by atoms with Crippen LogP contribution in [0.25, 0.3) is 0 Å². The molecule has 0 atom stereocenters. The Bertz CT molecular complexity index is 368. The van der Waals surface area contributed by atoms with Crippen molar-refractivity contribution in [2.75, 3.05) is 13.7 Å². The Balaban J connectivity index is 2.87. The molecule has 0 aliphatic heterocycles. The van der Waals surface area contributed by atoms with Gasteiger partial charge in [0, 0.05) is 13.2 Å².